The summed E-state index contributed by atoms with van der Waals surface area (Å²) in [6, 6.07) is 0.318. The van der Waals surface area contributed by atoms with Gasteiger partial charge < -0.3 is 4.74 Å². The van der Waals surface area contributed by atoms with Gasteiger partial charge in [-0.05, 0) is 0 Å². The molecule has 0 aliphatic heterocycles. The number of hydrogen-bond acceptors (Lipinski definition) is 5. The molecule has 0 fully saturated rings. The highest BCUT2D eigenvalue weighted by Crippen LogP contribution is 2.39. The molecule has 0 unspecified atom stereocenters. The second kappa shape index (κ2) is 5.48. The van der Waals surface area contributed by atoms with E-state index >= 15 is 0 Å². The lowest BCUT2D eigenvalue weighted by Crippen LogP contribution is -2.38. The largest absolute Gasteiger partial charge is 0.529 e. The number of ether oxygens (including phenoxy) is 3. The van der Waals surface area contributed by atoms with Gasteiger partial charge in [-0.2, -0.15) is 18.6 Å². The molecule has 6 nitrogen and oxygen atoms in total. The zero-order chi connectivity index (χ0) is 16.5. The van der Waals surface area contributed by atoms with Crippen LogP contribution >= 0.6 is 0 Å². The fourth-order valence-corrected chi connectivity index (χ4v) is 1.11. The van der Waals surface area contributed by atoms with Crippen LogP contribution in [0.4, 0.5) is 30.7 Å². The Bertz CT molecular complexity index is 513. The van der Waals surface area contributed by atoms with Gasteiger partial charge in [-0.15, -0.1) is 22.0 Å². The molecule has 0 saturated heterocycles. The van der Waals surface area contributed by atoms with Crippen molar-refractivity contribution in [1.82, 2.24) is 9.78 Å². The van der Waals surface area contributed by atoms with Crippen LogP contribution in [-0.2, 0) is 27.4 Å². The van der Waals surface area contributed by atoms with Crippen molar-refractivity contribution >= 4 is 6.47 Å². The van der Waals surface area contributed by atoms with E-state index in [-0.39, 0.29) is 6.47 Å². The molecule has 1 aromatic heterocycles. The van der Waals surface area contributed by atoms with E-state index in [9.17, 15) is 35.5 Å². The molecule has 0 atom stereocenters. The SMILES string of the molecule is Cn1nc(C(F)(F)OC(F)(F)OC(F)(F)F)cc1OC=O. The van der Waals surface area contributed by atoms with Gasteiger partial charge >= 0.3 is 18.8 Å². The van der Waals surface area contributed by atoms with Crippen LogP contribution in [0, 0.1) is 0 Å². The van der Waals surface area contributed by atoms with Gasteiger partial charge in [-0.3, -0.25) is 4.79 Å². The van der Waals surface area contributed by atoms with Gasteiger partial charge in [0.05, 0.1) is 0 Å². The molecule has 0 bridgehead atoms. The summed E-state index contributed by atoms with van der Waals surface area (Å²) >= 11 is 0. The number of rotatable bonds is 6. The average molecular weight is 326 g/mol. The van der Waals surface area contributed by atoms with E-state index in [4.69, 9.17) is 0 Å². The Morgan fingerprint density at radius 1 is 1.14 bits per heavy atom. The summed E-state index contributed by atoms with van der Waals surface area (Å²) in [6.07, 6.45) is -16.5. The van der Waals surface area contributed by atoms with Crippen molar-refractivity contribution in [3.8, 4) is 5.88 Å². The van der Waals surface area contributed by atoms with E-state index in [1.165, 1.54) is 0 Å². The van der Waals surface area contributed by atoms with Crippen molar-refractivity contribution in [3.63, 3.8) is 0 Å². The summed E-state index contributed by atoms with van der Waals surface area (Å²) < 4.78 is 96.1. The fraction of sp³-hybridized carbons (Fsp3) is 0.500. The highest BCUT2D eigenvalue weighted by molar-refractivity contribution is 5.43. The summed E-state index contributed by atoms with van der Waals surface area (Å²) in [6.45, 7) is -0.166. The molecule has 1 aromatic rings. The van der Waals surface area contributed by atoms with Gasteiger partial charge in [0.1, 0.15) is 0 Å². The summed E-state index contributed by atoms with van der Waals surface area (Å²) in [5.41, 5.74) is -1.52. The number of hydrogen-bond donors (Lipinski definition) is 0. The standard InChI is InChI=1S/C8H5F7N2O4/c1-17-5(19-3-18)2-4(16-17)6(9,10)20-8(14,15)21-7(11,12)13/h2-3H,1H3. The lowest BCUT2D eigenvalue weighted by molar-refractivity contribution is -0.537. The molecule has 0 radical (unpaired) electrons. The van der Waals surface area contributed by atoms with E-state index in [0.717, 1.165) is 7.05 Å². The van der Waals surface area contributed by atoms with Crippen molar-refractivity contribution in [2.45, 2.75) is 18.8 Å². The first-order chi connectivity index (χ1) is 9.36. The minimum absolute atomic E-state index is 0.166. The minimum Gasteiger partial charge on any atom is -0.410 e. The van der Waals surface area contributed by atoms with Gasteiger partial charge in [0.2, 0.25) is 5.88 Å². The average Bonchev–Trinajstić information content (AvgIpc) is 2.56. The quantitative estimate of drug-likeness (QED) is 0.455. The highest BCUT2D eigenvalue weighted by Gasteiger charge is 2.54. The van der Waals surface area contributed by atoms with E-state index in [1.807, 2.05) is 0 Å². The Labute approximate surface area is 111 Å². The smallest absolute Gasteiger partial charge is 0.410 e. The molecular formula is C8H5F7N2O4. The topological polar surface area (TPSA) is 62.6 Å². The number of aromatic nitrogens is 2. The number of alkyl halides is 7. The number of nitrogens with zero attached hydrogens (tertiary/aromatic N) is 2. The van der Waals surface area contributed by atoms with Gasteiger partial charge in [-0.1, -0.05) is 0 Å². The Balaban J connectivity index is 2.95. The van der Waals surface area contributed by atoms with Gasteiger partial charge in [-0.25, -0.2) is 9.42 Å². The van der Waals surface area contributed by atoms with Crippen molar-refractivity contribution in [3.05, 3.63) is 11.8 Å². The molecule has 0 spiro atoms. The molecule has 13 heteroatoms. The Morgan fingerprint density at radius 2 is 1.71 bits per heavy atom. The van der Waals surface area contributed by atoms with Gasteiger partial charge in [0.15, 0.2) is 5.69 Å². The van der Waals surface area contributed by atoms with Crippen LogP contribution in [0.3, 0.4) is 0 Å². The molecule has 0 amide bonds. The normalized spacial score (nSPS) is 13.3. The minimum atomic E-state index is -5.91. The van der Waals surface area contributed by atoms with Gasteiger partial charge in [0.25, 0.3) is 6.47 Å². The highest BCUT2D eigenvalue weighted by atomic mass is 19.4. The first-order valence-corrected chi connectivity index (χ1v) is 4.74. The van der Waals surface area contributed by atoms with Crippen molar-refractivity contribution < 1.29 is 49.7 Å². The Kier molecular flexibility index (Phi) is 4.48. The predicted octanol–water partition coefficient (Wildman–Crippen LogP) is 2.11. The first kappa shape index (κ1) is 17.2. The Morgan fingerprint density at radius 3 is 2.19 bits per heavy atom. The van der Waals surface area contributed by atoms with Crippen LogP contribution in [-0.4, -0.2) is 28.9 Å². The molecule has 0 aromatic carbocycles. The third kappa shape index (κ3) is 4.86. The van der Waals surface area contributed by atoms with Gasteiger partial charge in [0, 0.05) is 13.1 Å². The summed E-state index contributed by atoms with van der Waals surface area (Å²) in [7, 11) is 1.00. The van der Waals surface area contributed by atoms with E-state index in [0.29, 0.717) is 10.7 Å². The number of aryl methyl sites for hydroxylation is 1. The third-order valence-corrected chi connectivity index (χ3v) is 1.79. The fourth-order valence-electron chi connectivity index (χ4n) is 1.11. The van der Waals surface area contributed by atoms with Crippen molar-refractivity contribution in [2.24, 2.45) is 7.05 Å². The zero-order valence-electron chi connectivity index (χ0n) is 9.83. The van der Waals surface area contributed by atoms with Crippen LogP contribution in [0.2, 0.25) is 0 Å². The van der Waals surface area contributed by atoms with Crippen LogP contribution in [0.25, 0.3) is 0 Å². The number of carbonyl (C=O) groups excluding carboxylic acids is 1. The summed E-state index contributed by atoms with van der Waals surface area (Å²) in [5.74, 6) is -0.580. The van der Waals surface area contributed by atoms with E-state index in [2.05, 4.69) is 19.3 Å². The molecule has 0 aliphatic rings. The molecule has 0 saturated carbocycles. The number of halogens is 7. The molecule has 0 N–H and O–H groups in total. The maximum atomic E-state index is 13.3. The molecule has 0 aliphatic carbocycles. The predicted molar refractivity (Wildman–Crippen MR) is 47.0 cm³/mol. The Hall–Kier alpha value is -1.89. The first-order valence-electron chi connectivity index (χ1n) is 4.74. The maximum Gasteiger partial charge on any atom is 0.529 e. The lowest BCUT2D eigenvalue weighted by Gasteiger charge is -2.22. The second-order valence-corrected chi connectivity index (χ2v) is 3.34. The molecule has 21 heavy (non-hydrogen) atoms. The molecule has 120 valence electrons. The third-order valence-electron chi connectivity index (χ3n) is 1.79. The van der Waals surface area contributed by atoms with E-state index in [1.54, 1.807) is 0 Å². The molecule has 1 rings (SSSR count). The molecular weight excluding hydrogens is 321 g/mol. The summed E-state index contributed by atoms with van der Waals surface area (Å²) in [5, 5.41) is 2.97. The monoisotopic (exact) mass is 326 g/mol. The lowest BCUT2D eigenvalue weighted by atomic mass is 10.4. The second-order valence-electron chi connectivity index (χ2n) is 3.34. The van der Waals surface area contributed by atoms with E-state index < -0.39 is 30.3 Å². The molecule has 1 heterocycles. The zero-order valence-corrected chi connectivity index (χ0v) is 9.83. The van der Waals surface area contributed by atoms with Crippen LogP contribution in [0.5, 0.6) is 5.88 Å². The van der Waals surface area contributed by atoms with Crippen LogP contribution < -0.4 is 4.74 Å². The number of carbonyl (C=O) groups is 1. The van der Waals surface area contributed by atoms with Crippen LogP contribution in [0.15, 0.2) is 6.07 Å². The van der Waals surface area contributed by atoms with Crippen molar-refractivity contribution in [1.29, 1.82) is 0 Å². The van der Waals surface area contributed by atoms with Crippen molar-refractivity contribution in [2.75, 3.05) is 0 Å². The van der Waals surface area contributed by atoms with Crippen LogP contribution in [0.1, 0.15) is 5.69 Å². The maximum absolute atomic E-state index is 13.3. The summed E-state index contributed by atoms with van der Waals surface area (Å²) in [4.78, 5) is 10.0.